The van der Waals surface area contributed by atoms with Gasteiger partial charge in [-0.25, -0.2) is 0 Å². The predicted octanol–water partition coefficient (Wildman–Crippen LogP) is 2.73. The van der Waals surface area contributed by atoms with Crippen molar-refractivity contribution in [2.75, 3.05) is 6.61 Å². The molecule has 1 heterocycles. The maximum absolute atomic E-state index is 5.99. The number of hydrogen-bond donors (Lipinski definition) is 1. The SMILES string of the molecule is N[C@@H]1CCOc2cc(I)c(Cl)cc21. The normalized spacial score (nSPS) is 20.7. The number of halogens is 2. The van der Waals surface area contributed by atoms with Crippen LogP contribution in [0.1, 0.15) is 18.0 Å². The zero-order valence-corrected chi connectivity index (χ0v) is 9.80. The molecule has 0 unspecified atom stereocenters. The maximum Gasteiger partial charge on any atom is 0.125 e. The second-order valence-electron chi connectivity index (χ2n) is 3.05. The molecule has 0 amide bonds. The molecule has 4 heteroatoms. The van der Waals surface area contributed by atoms with E-state index in [9.17, 15) is 0 Å². The van der Waals surface area contributed by atoms with E-state index in [4.69, 9.17) is 22.1 Å². The Hall–Kier alpha value is -0.0000000000000000555. The fraction of sp³-hybridized carbons (Fsp3) is 0.333. The number of benzene rings is 1. The Bertz CT molecular complexity index is 343. The van der Waals surface area contributed by atoms with Crippen LogP contribution in [0.15, 0.2) is 12.1 Å². The molecule has 0 spiro atoms. The largest absolute Gasteiger partial charge is 0.493 e. The van der Waals surface area contributed by atoms with Crippen LogP contribution in [-0.2, 0) is 0 Å². The summed E-state index contributed by atoms with van der Waals surface area (Å²) in [5, 5.41) is 0.750. The fourth-order valence-corrected chi connectivity index (χ4v) is 2.02. The van der Waals surface area contributed by atoms with Gasteiger partial charge in [0, 0.05) is 21.6 Å². The minimum atomic E-state index is 0.0678. The standard InChI is InChI=1S/C9H9ClINO/c10-6-3-5-8(12)1-2-13-9(5)4-7(6)11/h3-4,8H,1-2,12H2/t8-/m1/s1. The Morgan fingerprint density at radius 2 is 2.31 bits per heavy atom. The molecule has 0 bridgehead atoms. The molecule has 0 aromatic heterocycles. The van der Waals surface area contributed by atoms with E-state index in [1.54, 1.807) is 0 Å². The van der Waals surface area contributed by atoms with Gasteiger partial charge in [0.1, 0.15) is 5.75 Å². The van der Waals surface area contributed by atoms with E-state index in [1.807, 2.05) is 12.1 Å². The van der Waals surface area contributed by atoms with Gasteiger partial charge in [0.05, 0.1) is 11.6 Å². The van der Waals surface area contributed by atoms with Crippen LogP contribution in [-0.4, -0.2) is 6.61 Å². The van der Waals surface area contributed by atoms with Gasteiger partial charge < -0.3 is 10.5 Å². The molecule has 0 saturated heterocycles. The van der Waals surface area contributed by atoms with Crippen molar-refractivity contribution in [3.05, 3.63) is 26.3 Å². The average molecular weight is 310 g/mol. The highest BCUT2D eigenvalue weighted by Gasteiger charge is 2.19. The molecular formula is C9H9ClINO. The lowest BCUT2D eigenvalue weighted by molar-refractivity contribution is 0.269. The summed E-state index contributed by atoms with van der Waals surface area (Å²) in [4.78, 5) is 0. The highest BCUT2D eigenvalue weighted by molar-refractivity contribution is 14.1. The van der Waals surface area contributed by atoms with Gasteiger partial charge in [-0.1, -0.05) is 11.6 Å². The van der Waals surface area contributed by atoms with Crippen LogP contribution in [0.2, 0.25) is 5.02 Å². The molecule has 70 valence electrons. The van der Waals surface area contributed by atoms with Gasteiger partial charge in [0.25, 0.3) is 0 Å². The van der Waals surface area contributed by atoms with Gasteiger partial charge in [-0.2, -0.15) is 0 Å². The van der Waals surface area contributed by atoms with E-state index in [2.05, 4.69) is 22.6 Å². The van der Waals surface area contributed by atoms with E-state index in [0.29, 0.717) is 6.61 Å². The summed E-state index contributed by atoms with van der Waals surface area (Å²) >= 11 is 8.18. The smallest absolute Gasteiger partial charge is 0.125 e. The summed E-state index contributed by atoms with van der Waals surface area (Å²) in [6.45, 7) is 0.700. The minimum Gasteiger partial charge on any atom is -0.493 e. The Balaban J connectivity index is 2.52. The van der Waals surface area contributed by atoms with E-state index < -0.39 is 0 Å². The molecule has 2 nitrogen and oxygen atoms in total. The molecule has 1 atom stereocenters. The Labute approximate surface area is 95.5 Å². The summed E-state index contributed by atoms with van der Waals surface area (Å²) in [5.41, 5.74) is 6.95. The van der Waals surface area contributed by atoms with Crippen LogP contribution >= 0.6 is 34.2 Å². The van der Waals surface area contributed by atoms with Gasteiger partial charge in [0.2, 0.25) is 0 Å². The third-order valence-electron chi connectivity index (χ3n) is 2.14. The van der Waals surface area contributed by atoms with Crippen molar-refractivity contribution in [3.8, 4) is 5.75 Å². The van der Waals surface area contributed by atoms with Gasteiger partial charge in [-0.3, -0.25) is 0 Å². The fourth-order valence-electron chi connectivity index (χ4n) is 1.41. The van der Waals surface area contributed by atoms with E-state index in [-0.39, 0.29) is 6.04 Å². The predicted molar refractivity (Wildman–Crippen MR) is 61.2 cm³/mol. The first-order chi connectivity index (χ1) is 6.18. The maximum atomic E-state index is 5.99. The van der Waals surface area contributed by atoms with E-state index in [0.717, 1.165) is 26.3 Å². The van der Waals surface area contributed by atoms with Gasteiger partial charge >= 0.3 is 0 Å². The molecule has 2 rings (SSSR count). The lowest BCUT2D eigenvalue weighted by Crippen LogP contribution is -2.20. The lowest BCUT2D eigenvalue weighted by Gasteiger charge is -2.23. The second-order valence-corrected chi connectivity index (χ2v) is 4.62. The molecule has 2 N–H and O–H groups in total. The molecule has 0 aliphatic carbocycles. The number of ether oxygens (including phenoxy) is 1. The van der Waals surface area contributed by atoms with Crippen LogP contribution in [0.5, 0.6) is 5.75 Å². The summed E-state index contributed by atoms with van der Waals surface area (Å²) in [6, 6.07) is 3.91. The molecule has 1 aliphatic rings. The van der Waals surface area contributed by atoms with Gasteiger partial charge in [-0.15, -0.1) is 0 Å². The van der Waals surface area contributed by atoms with Crippen LogP contribution in [0.4, 0.5) is 0 Å². The number of fused-ring (bicyclic) bond motifs is 1. The highest BCUT2D eigenvalue weighted by Crippen LogP contribution is 2.35. The first kappa shape index (κ1) is 9.55. The Morgan fingerprint density at radius 1 is 1.54 bits per heavy atom. The molecule has 0 radical (unpaired) electrons. The van der Waals surface area contributed by atoms with Crippen LogP contribution in [0.25, 0.3) is 0 Å². The first-order valence-electron chi connectivity index (χ1n) is 4.06. The number of nitrogens with two attached hydrogens (primary N) is 1. The summed E-state index contributed by atoms with van der Waals surface area (Å²) in [5.74, 6) is 0.882. The molecule has 0 fully saturated rings. The molecule has 1 aromatic rings. The number of hydrogen-bond acceptors (Lipinski definition) is 2. The van der Waals surface area contributed by atoms with Crippen LogP contribution in [0, 0.1) is 3.57 Å². The zero-order valence-electron chi connectivity index (χ0n) is 6.89. The van der Waals surface area contributed by atoms with Gasteiger partial charge in [0.15, 0.2) is 0 Å². The van der Waals surface area contributed by atoms with E-state index in [1.165, 1.54) is 0 Å². The first-order valence-corrected chi connectivity index (χ1v) is 5.51. The summed E-state index contributed by atoms with van der Waals surface area (Å²) in [6.07, 6.45) is 0.865. The second kappa shape index (κ2) is 3.63. The molecule has 0 saturated carbocycles. The van der Waals surface area contributed by atoms with Crippen molar-refractivity contribution in [2.45, 2.75) is 12.5 Å². The van der Waals surface area contributed by atoms with Crippen molar-refractivity contribution < 1.29 is 4.74 Å². The Kier molecular flexibility index (Phi) is 2.67. The van der Waals surface area contributed by atoms with Crippen molar-refractivity contribution in [1.82, 2.24) is 0 Å². The van der Waals surface area contributed by atoms with Crippen molar-refractivity contribution >= 4 is 34.2 Å². The van der Waals surface area contributed by atoms with Crippen LogP contribution in [0.3, 0.4) is 0 Å². The van der Waals surface area contributed by atoms with Crippen LogP contribution < -0.4 is 10.5 Å². The molecular weight excluding hydrogens is 300 g/mol. The quantitative estimate of drug-likeness (QED) is 0.748. The third-order valence-corrected chi connectivity index (χ3v) is 3.66. The van der Waals surface area contributed by atoms with Gasteiger partial charge in [-0.05, 0) is 34.7 Å². The topological polar surface area (TPSA) is 35.2 Å². The molecule has 1 aromatic carbocycles. The number of rotatable bonds is 0. The summed E-state index contributed by atoms with van der Waals surface area (Å²) < 4.78 is 6.49. The molecule has 13 heavy (non-hydrogen) atoms. The minimum absolute atomic E-state index is 0.0678. The van der Waals surface area contributed by atoms with E-state index >= 15 is 0 Å². The lowest BCUT2D eigenvalue weighted by atomic mass is 10.0. The highest BCUT2D eigenvalue weighted by atomic mass is 127. The van der Waals surface area contributed by atoms with Crippen molar-refractivity contribution in [3.63, 3.8) is 0 Å². The zero-order chi connectivity index (χ0) is 9.42. The molecule has 1 aliphatic heterocycles. The third kappa shape index (κ3) is 1.78. The van der Waals surface area contributed by atoms with Crippen molar-refractivity contribution in [2.24, 2.45) is 5.73 Å². The van der Waals surface area contributed by atoms with Crippen molar-refractivity contribution in [1.29, 1.82) is 0 Å². The monoisotopic (exact) mass is 309 g/mol. The summed E-state index contributed by atoms with van der Waals surface area (Å²) in [7, 11) is 0. The Morgan fingerprint density at radius 3 is 3.08 bits per heavy atom. The average Bonchev–Trinajstić information content (AvgIpc) is 2.09.